The highest BCUT2D eigenvalue weighted by Crippen LogP contribution is 2.53. The zero-order chi connectivity index (χ0) is 15.8. The second-order valence-electron chi connectivity index (χ2n) is 5.12. The third-order valence-electron chi connectivity index (χ3n) is 4.57. The Morgan fingerprint density at radius 2 is 1.90 bits per heavy atom. The highest BCUT2D eigenvalue weighted by Gasteiger charge is 2.67. The van der Waals surface area contributed by atoms with Crippen LogP contribution in [0.25, 0.3) is 0 Å². The summed E-state index contributed by atoms with van der Waals surface area (Å²) in [6.45, 7) is 3.76. The molecule has 21 heavy (non-hydrogen) atoms. The normalized spacial score (nSPS) is 33.5. The number of hydrogen-bond acceptors (Lipinski definition) is 6. The summed E-state index contributed by atoms with van der Waals surface area (Å²) in [6.07, 6.45) is 3.64. The van der Waals surface area contributed by atoms with Crippen LogP contribution in [-0.2, 0) is 28.5 Å². The molecule has 3 aliphatic rings. The van der Waals surface area contributed by atoms with Crippen molar-refractivity contribution in [3.63, 3.8) is 0 Å². The molecule has 0 aromatic rings. The average Bonchev–Trinajstić information content (AvgIpc) is 2.54. The van der Waals surface area contributed by atoms with Crippen LogP contribution in [0.4, 0.5) is 0 Å². The van der Waals surface area contributed by atoms with Crippen molar-refractivity contribution in [2.75, 3.05) is 28.4 Å². The first-order valence-electron chi connectivity index (χ1n) is 6.61. The van der Waals surface area contributed by atoms with Gasteiger partial charge in [0.15, 0.2) is 5.60 Å². The lowest BCUT2D eigenvalue weighted by Crippen LogP contribution is -2.69. The van der Waals surface area contributed by atoms with Crippen molar-refractivity contribution in [3.8, 4) is 0 Å². The van der Waals surface area contributed by atoms with Gasteiger partial charge in [-0.15, -0.1) is 6.58 Å². The van der Waals surface area contributed by atoms with Gasteiger partial charge in [0, 0.05) is 32.8 Å². The molecule has 116 valence electrons. The Morgan fingerprint density at radius 1 is 1.29 bits per heavy atom. The van der Waals surface area contributed by atoms with Gasteiger partial charge in [-0.1, -0.05) is 6.08 Å². The lowest BCUT2D eigenvalue weighted by Gasteiger charge is -2.54. The maximum absolute atomic E-state index is 12.9. The van der Waals surface area contributed by atoms with E-state index in [1.54, 1.807) is 6.08 Å². The van der Waals surface area contributed by atoms with Crippen LogP contribution < -0.4 is 0 Å². The van der Waals surface area contributed by atoms with E-state index in [2.05, 4.69) is 6.58 Å². The van der Waals surface area contributed by atoms with E-state index in [9.17, 15) is 9.59 Å². The predicted molar refractivity (Wildman–Crippen MR) is 73.4 cm³/mol. The second kappa shape index (κ2) is 5.36. The van der Waals surface area contributed by atoms with Crippen LogP contribution in [0.15, 0.2) is 24.3 Å². The summed E-state index contributed by atoms with van der Waals surface area (Å²) in [5, 5.41) is 0. The Bertz CT molecular complexity index is 504. The second-order valence-corrected chi connectivity index (χ2v) is 5.12. The minimum atomic E-state index is -1.55. The molecule has 1 fully saturated rings. The number of ether oxygens (including phenoxy) is 4. The van der Waals surface area contributed by atoms with E-state index in [-0.39, 0.29) is 11.7 Å². The molecule has 0 saturated heterocycles. The molecule has 1 saturated carbocycles. The minimum absolute atomic E-state index is 0.258. The molecule has 3 aliphatic carbocycles. The van der Waals surface area contributed by atoms with Crippen LogP contribution in [0.1, 0.15) is 6.42 Å². The SMILES string of the molecule is C=C[C@H]1C[C@@H]2C(C(=O)OC)=C[C@@]1(OC)C(=O)C2(OC)OC. The molecule has 0 aromatic heterocycles. The summed E-state index contributed by atoms with van der Waals surface area (Å²) < 4.78 is 21.1. The van der Waals surface area contributed by atoms with E-state index >= 15 is 0 Å². The lowest BCUT2D eigenvalue weighted by molar-refractivity contribution is -0.257. The molecule has 0 amide bonds. The summed E-state index contributed by atoms with van der Waals surface area (Å²) in [5.74, 6) is -3.25. The molecule has 2 bridgehead atoms. The van der Waals surface area contributed by atoms with E-state index in [1.165, 1.54) is 34.5 Å². The highest BCUT2D eigenvalue weighted by molar-refractivity contribution is 6.04. The van der Waals surface area contributed by atoms with Gasteiger partial charge in [0.1, 0.15) is 0 Å². The number of Topliss-reactive ketones (excluding diaryl/α,β-unsaturated/α-hetero) is 1. The van der Waals surface area contributed by atoms with Crippen molar-refractivity contribution >= 4 is 11.8 Å². The van der Waals surface area contributed by atoms with Gasteiger partial charge in [0.05, 0.1) is 13.0 Å². The molecule has 0 N–H and O–H groups in total. The van der Waals surface area contributed by atoms with Crippen molar-refractivity contribution in [2.45, 2.75) is 17.8 Å². The molecule has 0 aliphatic heterocycles. The molecule has 0 unspecified atom stereocenters. The van der Waals surface area contributed by atoms with Crippen molar-refractivity contribution in [3.05, 3.63) is 24.3 Å². The predicted octanol–water partition coefficient (Wildman–Crippen LogP) is 0.865. The smallest absolute Gasteiger partial charge is 0.334 e. The maximum atomic E-state index is 12.9. The average molecular weight is 296 g/mol. The Kier molecular flexibility index (Phi) is 4.06. The van der Waals surface area contributed by atoms with Crippen LogP contribution in [0.3, 0.4) is 0 Å². The van der Waals surface area contributed by atoms with Crippen molar-refractivity contribution in [1.82, 2.24) is 0 Å². The molecule has 6 nitrogen and oxygen atoms in total. The fourth-order valence-electron chi connectivity index (χ4n) is 3.47. The van der Waals surface area contributed by atoms with Crippen molar-refractivity contribution in [1.29, 1.82) is 0 Å². The fraction of sp³-hybridized carbons (Fsp3) is 0.600. The molecule has 0 heterocycles. The van der Waals surface area contributed by atoms with Crippen LogP contribution in [0.2, 0.25) is 0 Å². The van der Waals surface area contributed by atoms with Gasteiger partial charge in [-0.3, -0.25) is 4.79 Å². The first-order chi connectivity index (χ1) is 9.97. The zero-order valence-electron chi connectivity index (χ0n) is 12.7. The molecule has 0 spiro atoms. The van der Waals surface area contributed by atoms with Gasteiger partial charge < -0.3 is 18.9 Å². The van der Waals surface area contributed by atoms with E-state index in [0.29, 0.717) is 12.0 Å². The summed E-state index contributed by atoms with van der Waals surface area (Å²) >= 11 is 0. The summed E-state index contributed by atoms with van der Waals surface area (Å²) in [5.41, 5.74) is -0.993. The number of carbonyl (C=O) groups excluding carboxylic acids is 2. The maximum Gasteiger partial charge on any atom is 0.334 e. The third kappa shape index (κ3) is 1.83. The van der Waals surface area contributed by atoms with Crippen molar-refractivity contribution in [2.24, 2.45) is 11.8 Å². The molecule has 0 aromatic carbocycles. The quantitative estimate of drug-likeness (QED) is 0.426. The van der Waals surface area contributed by atoms with Gasteiger partial charge in [-0.05, 0) is 12.5 Å². The van der Waals surface area contributed by atoms with Crippen LogP contribution in [-0.4, -0.2) is 51.6 Å². The molecule has 0 radical (unpaired) electrons. The Balaban J connectivity index is 2.69. The Morgan fingerprint density at radius 3 is 2.33 bits per heavy atom. The number of fused-ring (bicyclic) bond motifs is 2. The number of carbonyl (C=O) groups is 2. The Labute approximate surface area is 123 Å². The first-order valence-corrected chi connectivity index (χ1v) is 6.61. The van der Waals surface area contributed by atoms with Crippen LogP contribution in [0.5, 0.6) is 0 Å². The first kappa shape index (κ1) is 15.9. The van der Waals surface area contributed by atoms with E-state index in [1.807, 2.05) is 0 Å². The van der Waals surface area contributed by atoms with Gasteiger partial charge in [0.25, 0.3) is 0 Å². The summed E-state index contributed by atoms with van der Waals surface area (Å²) in [4.78, 5) is 25.0. The molecule has 6 heteroatoms. The topological polar surface area (TPSA) is 71.1 Å². The van der Waals surface area contributed by atoms with E-state index < -0.39 is 23.3 Å². The standard InChI is InChI=1S/C15H20O6/c1-6-9-7-11-10(12(16)18-2)8-14(9,19-3)13(17)15(11,20-4)21-5/h6,8-9,11H,1,7H2,2-5H3/t9-,11+,14-/m0/s1. The molecule has 3 rings (SSSR count). The Hall–Kier alpha value is -1.50. The lowest BCUT2D eigenvalue weighted by atomic mass is 9.58. The molecular formula is C15H20O6. The number of ketones is 1. The molecule has 3 atom stereocenters. The van der Waals surface area contributed by atoms with Gasteiger partial charge in [-0.2, -0.15) is 0 Å². The van der Waals surface area contributed by atoms with E-state index in [0.717, 1.165) is 0 Å². The van der Waals surface area contributed by atoms with Crippen LogP contribution >= 0.6 is 0 Å². The van der Waals surface area contributed by atoms with Gasteiger partial charge in [0.2, 0.25) is 11.6 Å². The van der Waals surface area contributed by atoms with Gasteiger partial charge in [-0.25, -0.2) is 4.79 Å². The third-order valence-corrected chi connectivity index (χ3v) is 4.57. The minimum Gasteiger partial charge on any atom is -0.466 e. The van der Waals surface area contributed by atoms with Gasteiger partial charge >= 0.3 is 5.97 Å². The number of esters is 1. The monoisotopic (exact) mass is 296 g/mol. The summed E-state index contributed by atoms with van der Waals surface area (Å²) in [7, 11) is 5.47. The number of rotatable bonds is 5. The zero-order valence-corrected chi connectivity index (χ0v) is 12.7. The largest absolute Gasteiger partial charge is 0.466 e. The fourth-order valence-corrected chi connectivity index (χ4v) is 3.47. The summed E-state index contributed by atoms with van der Waals surface area (Å²) in [6, 6.07) is 0. The van der Waals surface area contributed by atoms with Crippen molar-refractivity contribution < 1.29 is 28.5 Å². The number of hydrogen-bond donors (Lipinski definition) is 0. The van der Waals surface area contributed by atoms with Crippen LogP contribution in [0, 0.1) is 11.8 Å². The highest BCUT2D eigenvalue weighted by atomic mass is 16.7. The van der Waals surface area contributed by atoms with E-state index in [4.69, 9.17) is 18.9 Å². The number of methoxy groups -OCH3 is 4. The molecular weight excluding hydrogens is 276 g/mol.